The standard InChI is InChI=1S/C14H11BrFNO2/c15-10-3-1-5-12(7-10)17-14(18)9-19-13-6-2-4-11(16)8-13/h1-8H,9H2,(H,17,18). The molecular weight excluding hydrogens is 313 g/mol. The van der Waals surface area contributed by atoms with Gasteiger partial charge in [0.05, 0.1) is 0 Å². The van der Waals surface area contributed by atoms with Crippen LogP contribution in [0.1, 0.15) is 0 Å². The molecule has 0 aliphatic heterocycles. The summed E-state index contributed by atoms with van der Waals surface area (Å²) in [5.74, 6) is -0.378. The molecule has 0 heterocycles. The highest BCUT2D eigenvalue weighted by atomic mass is 79.9. The minimum absolute atomic E-state index is 0.171. The van der Waals surface area contributed by atoms with Crippen LogP contribution in [0.5, 0.6) is 5.75 Å². The number of nitrogens with one attached hydrogen (secondary N) is 1. The second-order valence-electron chi connectivity index (χ2n) is 3.80. The minimum Gasteiger partial charge on any atom is -0.484 e. The Kier molecular flexibility index (Phi) is 4.52. The number of hydrogen-bond donors (Lipinski definition) is 1. The first-order chi connectivity index (χ1) is 9.13. The Balaban J connectivity index is 1.88. The average molecular weight is 324 g/mol. The topological polar surface area (TPSA) is 38.3 Å². The van der Waals surface area contributed by atoms with Gasteiger partial charge in [0.2, 0.25) is 0 Å². The van der Waals surface area contributed by atoms with Crippen LogP contribution in [0.15, 0.2) is 53.0 Å². The third-order valence-electron chi connectivity index (χ3n) is 2.27. The molecule has 19 heavy (non-hydrogen) atoms. The Morgan fingerprint density at radius 1 is 1.21 bits per heavy atom. The number of rotatable bonds is 4. The molecule has 0 aliphatic carbocycles. The number of hydrogen-bond acceptors (Lipinski definition) is 2. The Morgan fingerprint density at radius 2 is 2.00 bits per heavy atom. The van der Waals surface area contributed by atoms with E-state index in [4.69, 9.17) is 4.74 Å². The summed E-state index contributed by atoms with van der Waals surface area (Å²) in [6, 6.07) is 12.9. The van der Waals surface area contributed by atoms with Gasteiger partial charge in [0.25, 0.3) is 5.91 Å². The lowest BCUT2D eigenvalue weighted by Crippen LogP contribution is -2.20. The van der Waals surface area contributed by atoms with E-state index in [2.05, 4.69) is 21.2 Å². The van der Waals surface area contributed by atoms with E-state index in [9.17, 15) is 9.18 Å². The summed E-state index contributed by atoms with van der Waals surface area (Å²) < 4.78 is 19.0. The summed E-state index contributed by atoms with van der Waals surface area (Å²) in [6.45, 7) is -0.171. The minimum atomic E-state index is -0.398. The van der Waals surface area contributed by atoms with Crippen molar-refractivity contribution in [3.63, 3.8) is 0 Å². The summed E-state index contributed by atoms with van der Waals surface area (Å²) in [6.07, 6.45) is 0. The van der Waals surface area contributed by atoms with Gasteiger partial charge in [-0.15, -0.1) is 0 Å². The number of ether oxygens (including phenoxy) is 1. The van der Waals surface area contributed by atoms with Gasteiger partial charge in [-0.2, -0.15) is 0 Å². The largest absolute Gasteiger partial charge is 0.484 e. The van der Waals surface area contributed by atoms with Gasteiger partial charge in [0.1, 0.15) is 11.6 Å². The van der Waals surface area contributed by atoms with Crippen LogP contribution in [-0.2, 0) is 4.79 Å². The van der Waals surface area contributed by atoms with Crippen molar-refractivity contribution in [1.82, 2.24) is 0 Å². The van der Waals surface area contributed by atoms with Crippen LogP contribution in [0.2, 0.25) is 0 Å². The van der Waals surface area contributed by atoms with Crippen LogP contribution in [0, 0.1) is 5.82 Å². The van der Waals surface area contributed by atoms with E-state index in [0.717, 1.165) is 4.47 Å². The Bertz CT molecular complexity index is 589. The molecular formula is C14H11BrFNO2. The molecule has 2 aromatic rings. The van der Waals surface area contributed by atoms with Crippen LogP contribution < -0.4 is 10.1 Å². The van der Waals surface area contributed by atoms with E-state index in [1.807, 2.05) is 12.1 Å². The zero-order chi connectivity index (χ0) is 13.7. The van der Waals surface area contributed by atoms with Crippen molar-refractivity contribution in [2.24, 2.45) is 0 Å². The molecule has 0 atom stereocenters. The monoisotopic (exact) mass is 323 g/mol. The zero-order valence-electron chi connectivity index (χ0n) is 9.90. The highest BCUT2D eigenvalue weighted by Crippen LogP contribution is 2.16. The van der Waals surface area contributed by atoms with E-state index in [-0.39, 0.29) is 12.5 Å². The Labute approximate surface area is 118 Å². The molecule has 1 amide bonds. The number of amides is 1. The molecule has 5 heteroatoms. The Hall–Kier alpha value is -1.88. The lowest BCUT2D eigenvalue weighted by atomic mass is 10.3. The number of halogens is 2. The number of carbonyl (C=O) groups excluding carboxylic acids is 1. The fourth-order valence-corrected chi connectivity index (χ4v) is 1.87. The fraction of sp³-hybridized carbons (Fsp3) is 0.0714. The molecule has 3 nitrogen and oxygen atoms in total. The lowest BCUT2D eigenvalue weighted by Gasteiger charge is -2.07. The van der Waals surface area contributed by atoms with Gasteiger partial charge in [-0.3, -0.25) is 4.79 Å². The molecule has 0 aromatic heterocycles. The average Bonchev–Trinajstić information content (AvgIpc) is 2.36. The zero-order valence-corrected chi connectivity index (χ0v) is 11.5. The molecule has 2 aromatic carbocycles. The third-order valence-corrected chi connectivity index (χ3v) is 2.77. The molecule has 0 fully saturated rings. The van der Waals surface area contributed by atoms with Crippen LogP contribution in [0.4, 0.5) is 10.1 Å². The third kappa shape index (κ3) is 4.37. The van der Waals surface area contributed by atoms with Gasteiger partial charge in [0.15, 0.2) is 6.61 Å². The summed E-state index contributed by atoms with van der Waals surface area (Å²) in [4.78, 5) is 11.6. The van der Waals surface area contributed by atoms with Gasteiger partial charge in [0, 0.05) is 16.2 Å². The quantitative estimate of drug-likeness (QED) is 0.933. The van der Waals surface area contributed by atoms with Crippen molar-refractivity contribution < 1.29 is 13.9 Å². The number of anilines is 1. The normalized spacial score (nSPS) is 10.0. The molecule has 0 saturated carbocycles. The summed E-state index contributed by atoms with van der Waals surface area (Å²) in [5, 5.41) is 2.68. The van der Waals surface area contributed by atoms with E-state index < -0.39 is 5.82 Å². The highest BCUT2D eigenvalue weighted by molar-refractivity contribution is 9.10. The van der Waals surface area contributed by atoms with Crippen molar-refractivity contribution >= 4 is 27.5 Å². The molecule has 0 aliphatic rings. The predicted octanol–water partition coefficient (Wildman–Crippen LogP) is 3.61. The summed E-state index contributed by atoms with van der Waals surface area (Å²) >= 11 is 3.31. The maximum Gasteiger partial charge on any atom is 0.262 e. The smallest absolute Gasteiger partial charge is 0.262 e. The van der Waals surface area contributed by atoms with Crippen LogP contribution in [0.3, 0.4) is 0 Å². The molecule has 0 saturated heterocycles. The first-order valence-electron chi connectivity index (χ1n) is 5.57. The van der Waals surface area contributed by atoms with Gasteiger partial charge in [-0.1, -0.05) is 28.1 Å². The fourth-order valence-electron chi connectivity index (χ4n) is 1.47. The Morgan fingerprint density at radius 3 is 2.74 bits per heavy atom. The van der Waals surface area contributed by atoms with Crippen molar-refractivity contribution in [3.05, 3.63) is 58.8 Å². The SMILES string of the molecule is O=C(COc1cccc(F)c1)Nc1cccc(Br)c1. The van der Waals surface area contributed by atoms with E-state index in [1.165, 1.54) is 18.2 Å². The van der Waals surface area contributed by atoms with E-state index >= 15 is 0 Å². The highest BCUT2D eigenvalue weighted by Gasteiger charge is 2.04. The molecule has 0 unspecified atom stereocenters. The maximum absolute atomic E-state index is 12.9. The molecule has 2 rings (SSSR count). The molecule has 0 bridgehead atoms. The van der Waals surface area contributed by atoms with Crippen molar-refractivity contribution in [2.75, 3.05) is 11.9 Å². The summed E-state index contributed by atoms with van der Waals surface area (Å²) in [5.41, 5.74) is 0.669. The van der Waals surface area contributed by atoms with Crippen LogP contribution in [-0.4, -0.2) is 12.5 Å². The van der Waals surface area contributed by atoms with E-state index in [1.54, 1.807) is 18.2 Å². The maximum atomic E-state index is 12.9. The van der Waals surface area contributed by atoms with Gasteiger partial charge in [-0.25, -0.2) is 4.39 Å². The van der Waals surface area contributed by atoms with Gasteiger partial charge >= 0.3 is 0 Å². The van der Waals surface area contributed by atoms with Crippen molar-refractivity contribution in [2.45, 2.75) is 0 Å². The van der Waals surface area contributed by atoms with E-state index in [0.29, 0.717) is 11.4 Å². The van der Waals surface area contributed by atoms with Gasteiger partial charge in [-0.05, 0) is 30.3 Å². The molecule has 1 N–H and O–H groups in total. The summed E-state index contributed by atoms with van der Waals surface area (Å²) in [7, 11) is 0. The first kappa shape index (κ1) is 13.5. The van der Waals surface area contributed by atoms with Crippen LogP contribution >= 0.6 is 15.9 Å². The van der Waals surface area contributed by atoms with Crippen molar-refractivity contribution in [1.29, 1.82) is 0 Å². The second-order valence-corrected chi connectivity index (χ2v) is 4.72. The number of carbonyl (C=O) groups is 1. The van der Waals surface area contributed by atoms with Gasteiger partial charge < -0.3 is 10.1 Å². The van der Waals surface area contributed by atoms with Crippen LogP contribution in [0.25, 0.3) is 0 Å². The first-order valence-corrected chi connectivity index (χ1v) is 6.36. The second kappa shape index (κ2) is 6.33. The molecule has 0 radical (unpaired) electrons. The lowest BCUT2D eigenvalue weighted by molar-refractivity contribution is -0.118. The molecule has 0 spiro atoms. The number of benzene rings is 2. The predicted molar refractivity (Wildman–Crippen MR) is 74.7 cm³/mol. The van der Waals surface area contributed by atoms with Crippen molar-refractivity contribution in [3.8, 4) is 5.75 Å². The molecule has 98 valence electrons.